The molecular formula is C26H34ClN7O10. The highest BCUT2D eigenvalue weighted by Crippen LogP contribution is 2.30. The normalized spacial score (nSPS) is 11.7. The molecule has 0 aromatic heterocycles. The summed E-state index contributed by atoms with van der Waals surface area (Å²) in [6.07, 6.45) is -3.03. The standard InChI is InChI=1S/C26H33N7O10.ClH/c1-29-25(36)42-21(23(27)34)17-13-15(7-9-19(17)32(38)39)5-3-11-31-12-4-6-16-8-10-20(33(40)41)18(14-16)22(24(28)35)43-26(37)30-2;/h7-10,13-14,21-22,31H,3-6,11-12H2,1-2H3,(H2,27,34)(H2,28,35)(H,29,36)(H,30,37);1H. The third-order valence-electron chi connectivity index (χ3n) is 6.16. The number of carbonyl (C=O) groups excluding carboxylic acids is 4. The predicted octanol–water partition coefficient (Wildman–Crippen LogP) is 1.84. The summed E-state index contributed by atoms with van der Waals surface area (Å²) in [5.74, 6) is -2.12. The Morgan fingerprint density at radius 1 is 0.750 bits per heavy atom. The Morgan fingerprint density at radius 2 is 1.11 bits per heavy atom. The van der Waals surface area contributed by atoms with E-state index in [9.17, 15) is 39.4 Å². The van der Waals surface area contributed by atoms with Gasteiger partial charge in [0, 0.05) is 26.2 Å². The highest BCUT2D eigenvalue weighted by Gasteiger charge is 2.31. The first kappa shape index (κ1) is 37.0. The molecule has 4 amide bonds. The number of nitro groups is 2. The SMILES string of the molecule is CNC(=O)OC(C(N)=O)c1cc(CCCNCCCc2ccc([N+](=O)[O-])c(C(OC(=O)NC)C(N)=O)c2)ccc1[N+](=O)[O-].Cl. The van der Waals surface area contributed by atoms with E-state index >= 15 is 0 Å². The van der Waals surface area contributed by atoms with Crippen molar-refractivity contribution in [1.29, 1.82) is 0 Å². The molecule has 0 aliphatic heterocycles. The number of halogens is 1. The second kappa shape index (κ2) is 17.8. The Kier molecular flexibility index (Phi) is 15.0. The van der Waals surface area contributed by atoms with Gasteiger partial charge in [-0.3, -0.25) is 29.8 Å². The number of ether oxygens (including phenoxy) is 2. The molecule has 0 bridgehead atoms. The number of hydrogen-bond acceptors (Lipinski definition) is 11. The number of nitrogens with one attached hydrogen (secondary N) is 3. The van der Waals surface area contributed by atoms with E-state index in [-0.39, 0.29) is 23.5 Å². The Bertz CT molecular complexity index is 1270. The Hall–Kier alpha value is -5.03. The maximum absolute atomic E-state index is 11.9. The molecule has 0 radical (unpaired) electrons. The summed E-state index contributed by atoms with van der Waals surface area (Å²) < 4.78 is 9.90. The van der Waals surface area contributed by atoms with Crippen LogP contribution < -0.4 is 27.4 Å². The van der Waals surface area contributed by atoms with Gasteiger partial charge in [0.15, 0.2) is 0 Å². The zero-order valence-corrected chi connectivity index (χ0v) is 24.7. The first-order valence-corrected chi connectivity index (χ1v) is 13.0. The molecule has 18 heteroatoms. The average Bonchev–Trinajstić information content (AvgIpc) is 2.97. The summed E-state index contributed by atoms with van der Waals surface area (Å²) in [6, 6.07) is 8.36. The molecule has 17 nitrogen and oxygen atoms in total. The lowest BCUT2D eigenvalue weighted by Crippen LogP contribution is -2.30. The van der Waals surface area contributed by atoms with E-state index in [1.165, 1.54) is 38.4 Å². The zero-order chi connectivity index (χ0) is 32.1. The first-order valence-electron chi connectivity index (χ1n) is 13.0. The fraction of sp³-hybridized carbons (Fsp3) is 0.385. The van der Waals surface area contributed by atoms with Crippen molar-refractivity contribution in [2.75, 3.05) is 27.2 Å². The third kappa shape index (κ3) is 10.7. The second-order valence-electron chi connectivity index (χ2n) is 9.13. The minimum atomic E-state index is -1.65. The highest BCUT2D eigenvalue weighted by molar-refractivity contribution is 5.86. The van der Waals surface area contributed by atoms with E-state index in [2.05, 4.69) is 16.0 Å². The van der Waals surface area contributed by atoms with Crippen LogP contribution in [0.15, 0.2) is 36.4 Å². The maximum Gasteiger partial charge on any atom is 0.408 e. The lowest BCUT2D eigenvalue weighted by molar-refractivity contribution is -0.386. The van der Waals surface area contributed by atoms with Gasteiger partial charge in [-0.15, -0.1) is 12.4 Å². The smallest absolute Gasteiger partial charge is 0.408 e. The fourth-order valence-electron chi connectivity index (χ4n) is 4.11. The van der Waals surface area contributed by atoms with E-state index in [0.29, 0.717) is 49.9 Å². The fourth-order valence-corrected chi connectivity index (χ4v) is 4.11. The lowest BCUT2D eigenvalue weighted by Gasteiger charge is -2.16. The van der Waals surface area contributed by atoms with Gasteiger partial charge in [0.1, 0.15) is 0 Å². The number of nitro benzene ring substituents is 2. The number of aryl methyl sites for hydroxylation is 2. The average molecular weight is 640 g/mol. The molecule has 2 atom stereocenters. The molecular weight excluding hydrogens is 606 g/mol. The van der Waals surface area contributed by atoms with Crippen molar-refractivity contribution in [3.05, 3.63) is 78.9 Å². The summed E-state index contributed by atoms with van der Waals surface area (Å²) in [7, 11) is 2.54. The van der Waals surface area contributed by atoms with Gasteiger partial charge in [-0.2, -0.15) is 0 Å². The maximum atomic E-state index is 11.9. The minimum absolute atomic E-state index is 0. The highest BCUT2D eigenvalue weighted by atomic mass is 35.5. The third-order valence-corrected chi connectivity index (χ3v) is 6.16. The van der Waals surface area contributed by atoms with Crippen LogP contribution in [0.25, 0.3) is 0 Å². The van der Waals surface area contributed by atoms with Gasteiger partial charge in [-0.05, 0) is 62.0 Å². The van der Waals surface area contributed by atoms with Crippen molar-refractivity contribution in [3.63, 3.8) is 0 Å². The van der Waals surface area contributed by atoms with Crippen LogP contribution in [0.1, 0.15) is 47.3 Å². The van der Waals surface area contributed by atoms with Gasteiger partial charge >= 0.3 is 12.2 Å². The molecule has 7 N–H and O–H groups in total. The summed E-state index contributed by atoms with van der Waals surface area (Å²) >= 11 is 0. The first-order chi connectivity index (χ1) is 20.4. The van der Waals surface area contributed by atoms with Crippen LogP contribution in [0.2, 0.25) is 0 Å². The van der Waals surface area contributed by atoms with Crippen LogP contribution in [0.4, 0.5) is 21.0 Å². The number of primary amides is 2. The number of benzene rings is 2. The number of amides is 4. The molecule has 0 aliphatic rings. The largest absolute Gasteiger partial charge is 0.431 e. The zero-order valence-electron chi connectivity index (χ0n) is 23.9. The molecule has 0 saturated carbocycles. The number of carbonyl (C=O) groups is 4. The topological polar surface area (TPSA) is 261 Å². The Balaban J connectivity index is 0.00000968. The van der Waals surface area contributed by atoms with Gasteiger partial charge in [-0.25, -0.2) is 9.59 Å². The molecule has 0 aliphatic carbocycles. The summed E-state index contributed by atoms with van der Waals surface area (Å²) in [5, 5.41) is 30.5. The molecule has 0 heterocycles. The molecule has 2 aromatic rings. The van der Waals surface area contributed by atoms with Crippen molar-refractivity contribution in [1.82, 2.24) is 16.0 Å². The lowest BCUT2D eigenvalue weighted by atomic mass is 10.00. The molecule has 2 unspecified atom stereocenters. The van der Waals surface area contributed by atoms with Crippen molar-refractivity contribution in [2.24, 2.45) is 11.5 Å². The van der Waals surface area contributed by atoms with Crippen LogP contribution in [-0.2, 0) is 31.9 Å². The number of nitrogens with two attached hydrogens (primary N) is 2. The summed E-state index contributed by atoms with van der Waals surface area (Å²) in [6.45, 7) is 1.13. The van der Waals surface area contributed by atoms with Crippen LogP contribution in [-0.4, -0.2) is 61.0 Å². The summed E-state index contributed by atoms with van der Waals surface area (Å²) in [4.78, 5) is 68.6. The van der Waals surface area contributed by atoms with Crippen molar-refractivity contribution >= 4 is 47.8 Å². The predicted molar refractivity (Wildman–Crippen MR) is 158 cm³/mol. The minimum Gasteiger partial charge on any atom is -0.431 e. The Morgan fingerprint density at radius 3 is 1.41 bits per heavy atom. The van der Waals surface area contributed by atoms with Crippen LogP contribution in [0, 0.1) is 20.2 Å². The van der Waals surface area contributed by atoms with E-state index in [0.717, 1.165) is 0 Å². The molecule has 240 valence electrons. The molecule has 2 rings (SSSR count). The number of nitrogens with zero attached hydrogens (tertiary/aromatic N) is 2. The number of hydrogen-bond donors (Lipinski definition) is 5. The van der Waals surface area contributed by atoms with Crippen LogP contribution in [0.3, 0.4) is 0 Å². The van der Waals surface area contributed by atoms with E-state index in [1.54, 1.807) is 12.1 Å². The number of alkyl carbamates (subject to hydrolysis) is 2. The van der Waals surface area contributed by atoms with Gasteiger partial charge in [0.2, 0.25) is 12.2 Å². The van der Waals surface area contributed by atoms with Gasteiger partial charge < -0.3 is 36.9 Å². The second-order valence-corrected chi connectivity index (χ2v) is 9.13. The van der Waals surface area contributed by atoms with E-state index in [1.807, 2.05) is 0 Å². The number of rotatable bonds is 16. The van der Waals surface area contributed by atoms with Gasteiger partial charge in [0.25, 0.3) is 23.2 Å². The molecule has 2 aromatic carbocycles. The van der Waals surface area contributed by atoms with E-state index in [4.69, 9.17) is 20.9 Å². The Labute approximate surface area is 257 Å². The van der Waals surface area contributed by atoms with E-state index < -0.39 is 57.4 Å². The molecule has 44 heavy (non-hydrogen) atoms. The quantitative estimate of drug-likeness (QED) is 0.100. The van der Waals surface area contributed by atoms with Crippen LogP contribution >= 0.6 is 12.4 Å². The summed E-state index contributed by atoms with van der Waals surface area (Å²) in [5.41, 5.74) is 10.9. The monoisotopic (exact) mass is 639 g/mol. The van der Waals surface area contributed by atoms with Crippen molar-refractivity contribution in [2.45, 2.75) is 37.9 Å². The van der Waals surface area contributed by atoms with Crippen molar-refractivity contribution in [3.8, 4) is 0 Å². The van der Waals surface area contributed by atoms with Gasteiger partial charge in [0.05, 0.1) is 21.0 Å². The van der Waals surface area contributed by atoms with Crippen molar-refractivity contribution < 1.29 is 38.5 Å². The molecule has 0 saturated heterocycles. The molecule has 0 spiro atoms. The van der Waals surface area contributed by atoms with Crippen LogP contribution in [0.5, 0.6) is 0 Å². The van der Waals surface area contributed by atoms with Gasteiger partial charge in [-0.1, -0.05) is 12.1 Å². The molecule has 0 fully saturated rings.